The lowest BCUT2D eigenvalue weighted by molar-refractivity contribution is 0.474. The SMILES string of the molecule is N#CC(N)(N)c1ccc(O)cc1. The molecule has 0 aliphatic heterocycles. The summed E-state index contributed by atoms with van der Waals surface area (Å²) in [6.45, 7) is 0. The molecule has 0 amide bonds. The molecule has 0 atom stereocenters. The number of hydrogen-bond donors (Lipinski definition) is 3. The van der Waals surface area contributed by atoms with Crippen molar-refractivity contribution in [3.8, 4) is 11.8 Å². The summed E-state index contributed by atoms with van der Waals surface area (Å²) in [7, 11) is 0. The van der Waals surface area contributed by atoms with E-state index >= 15 is 0 Å². The fourth-order valence-corrected chi connectivity index (χ4v) is 0.802. The summed E-state index contributed by atoms with van der Waals surface area (Å²) in [5, 5.41) is 17.5. The highest BCUT2D eigenvalue weighted by Crippen LogP contribution is 2.15. The predicted molar refractivity (Wildman–Crippen MR) is 43.8 cm³/mol. The van der Waals surface area contributed by atoms with Crippen molar-refractivity contribution in [3.05, 3.63) is 29.8 Å². The Balaban J connectivity index is 3.07. The van der Waals surface area contributed by atoms with Gasteiger partial charge in [0.05, 0.1) is 0 Å². The van der Waals surface area contributed by atoms with Crippen LogP contribution in [0.1, 0.15) is 5.56 Å². The van der Waals surface area contributed by atoms with Crippen LogP contribution >= 0.6 is 0 Å². The first-order valence-electron chi connectivity index (χ1n) is 3.35. The Kier molecular flexibility index (Phi) is 2.00. The molecule has 0 aliphatic rings. The van der Waals surface area contributed by atoms with Gasteiger partial charge in [-0.25, -0.2) is 0 Å². The van der Waals surface area contributed by atoms with Crippen molar-refractivity contribution >= 4 is 0 Å². The van der Waals surface area contributed by atoms with Gasteiger partial charge < -0.3 is 5.11 Å². The molecule has 0 saturated carbocycles. The van der Waals surface area contributed by atoms with Crippen LogP contribution in [-0.4, -0.2) is 5.11 Å². The van der Waals surface area contributed by atoms with E-state index in [1.165, 1.54) is 24.3 Å². The van der Waals surface area contributed by atoms with Gasteiger partial charge in [-0.2, -0.15) is 5.26 Å². The molecule has 5 N–H and O–H groups in total. The van der Waals surface area contributed by atoms with Crippen LogP contribution in [0.15, 0.2) is 24.3 Å². The quantitative estimate of drug-likeness (QED) is 0.507. The Morgan fingerprint density at radius 1 is 1.25 bits per heavy atom. The van der Waals surface area contributed by atoms with E-state index in [0.717, 1.165) is 0 Å². The van der Waals surface area contributed by atoms with E-state index in [4.69, 9.17) is 21.8 Å². The number of nitrogens with two attached hydrogens (primary N) is 2. The maximum Gasteiger partial charge on any atom is 0.180 e. The molecular weight excluding hydrogens is 154 g/mol. The summed E-state index contributed by atoms with van der Waals surface area (Å²) < 4.78 is 0. The first-order valence-corrected chi connectivity index (χ1v) is 3.35. The monoisotopic (exact) mass is 163 g/mol. The number of hydrogen-bond acceptors (Lipinski definition) is 4. The first-order chi connectivity index (χ1) is 5.56. The molecule has 4 nitrogen and oxygen atoms in total. The Morgan fingerprint density at radius 2 is 1.75 bits per heavy atom. The lowest BCUT2D eigenvalue weighted by atomic mass is 10.0. The van der Waals surface area contributed by atoms with Gasteiger partial charge in [-0.05, 0) is 12.1 Å². The van der Waals surface area contributed by atoms with E-state index in [1.807, 2.05) is 0 Å². The van der Waals surface area contributed by atoms with E-state index in [9.17, 15) is 0 Å². The van der Waals surface area contributed by atoms with E-state index in [-0.39, 0.29) is 5.75 Å². The van der Waals surface area contributed by atoms with Gasteiger partial charge in [0.15, 0.2) is 5.66 Å². The standard InChI is InChI=1S/C8H9N3O/c9-5-8(10,11)6-1-3-7(12)4-2-6/h1-4,12H,10-11H2. The van der Waals surface area contributed by atoms with Crippen molar-refractivity contribution in [2.45, 2.75) is 5.66 Å². The Labute approximate surface area is 70.0 Å². The summed E-state index contributed by atoms with van der Waals surface area (Å²) in [4.78, 5) is 0. The van der Waals surface area contributed by atoms with Crippen molar-refractivity contribution in [2.75, 3.05) is 0 Å². The highest BCUT2D eigenvalue weighted by Gasteiger charge is 2.20. The fourth-order valence-electron chi connectivity index (χ4n) is 0.802. The van der Waals surface area contributed by atoms with E-state index in [2.05, 4.69) is 0 Å². The normalized spacial score (nSPS) is 10.8. The highest BCUT2D eigenvalue weighted by molar-refractivity contribution is 5.33. The minimum Gasteiger partial charge on any atom is -0.508 e. The van der Waals surface area contributed by atoms with Gasteiger partial charge in [-0.3, -0.25) is 11.5 Å². The summed E-state index contributed by atoms with van der Waals surface area (Å²) in [5.41, 5.74) is 9.84. The molecule has 0 fully saturated rings. The van der Waals surface area contributed by atoms with Crippen LogP contribution in [0.3, 0.4) is 0 Å². The van der Waals surface area contributed by atoms with Crippen molar-refractivity contribution < 1.29 is 5.11 Å². The number of nitriles is 1. The van der Waals surface area contributed by atoms with E-state index < -0.39 is 5.66 Å². The minimum absolute atomic E-state index is 0.118. The molecule has 62 valence electrons. The summed E-state index contributed by atoms with van der Waals surface area (Å²) >= 11 is 0. The first kappa shape index (κ1) is 8.53. The second kappa shape index (κ2) is 2.81. The molecule has 4 heteroatoms. The molecule has 0 saturated heterocycles. The molecule has 0 aliphatic carbocycles. The van der Waals surface area contributed by atoms with Gasteiger partial charge >= 0.3 is 0 Å². The van der Waals surface area contributed by atoms with Crippen molar-refractivity contribution in [2.24, 2.45) is 11.5 Å². The third-order valence-electron chi connectivity index (χ3n) is 1.53. The lowest BCUT2D eigenvalue weighted by Gasteiger charge is -2.14. The van der Waals surface area contributed by atoms with Crippen LogP contribution in [-0.2, 0) is 5.66 Å². The molecule has 1 rings (SSSR count). The Hall–Kier alpha value is -1.57. The Morgan fingerprint density at radius 3 is 2.17 bits per heavy atom. The zero-order chi connectivity index (χ0) is 9.19. The van der Waals surface area contributed by atoms with Gasteiger partial charge in [0, 0.05) is 5.56 Å². The molecule has 1 aromatic carbocycles. The molecule has 12 heavy (non-hydrogen) atoms. The minimum atomic E-state index is -1.48. The molecule has 0 spiro atoms. The highest BCUT2D eigenvalue weighted by atomic mass is 16.3. The van der Waals surface area contributed by atoms with E-state index in [0.29, 0.717) is 5.56 Å². The third kappa shape index (κ3) is 1.53. The van der Waals surface area contributed by atoms with Crippen LogP contribution in [0, 0.1) is 11.3 Å². The zero-order valence-electron chi connectivity index (χ0n) is 6.36. The Bertz CT molecular complexity index is 310. The summed E-state index contributed by atoms with van der Waals surface area (Å²) in [6, 6.07) is 7.64. The molecule has 0 aromatic heterocycles. The molecule has 0 bridgehead atoms. The van der Waals surface area contributed by atoms with E-state index in [1.54, 1.807) is 6.07 Å². The molecule has 0 heterocycles. The number of rotatable bonds is 1. The molecule has 0 radical (unpaired) electrons. The number of benzene rings is 1. The zero-order valence-corrected chi connectivity index (χ0v) is 6.36. The van der Waals surface area contributed by atoms with Gasteiger partial charge in [-0.1, -0.05) is 12.1 Å². The smallest absolute Gasteiger partial charge is 0.180 e. The maximum atomic E-state index is 8.93. The summed E-state index contributed by atoms with van der Waals surface area (Å²) in [5.74, 6) is 0.118. The maximum absolute atomic E-state index is 8.93. The van der Waals surface area contributed by atoms with Gasteiger partial charge in [0.1, 0.15) is 11.8 Å². The van der Waals surface area contributed by atoms with Gasteiger partial charge in [0.2, 0.25) is 0 Å². The number of nitrogens with zero attached hydrogens (tertiary/aromatic N) is 1. The fraction of sp³-hybridized carbons (Fsp3) is 0.125. The second-order valence-corrected chi connectivity index (χ2v) is 2.53. The van der Waals surface area contributed by atoms with Gasteiger partial charge in [-0.15, -0.1) is 0 Å². The van der Waals surface area contributed by atoms with Crippen LogP contribution in [0.25, 0.3) is 0 Å². The number of phenolic OH excluding ortho intramolecular Hbond substituents is 1. The van der Waals surface area contributed by atoms with Crippen LogP contribution in [0.5, 0.6) is 5.75 Å². The van der Waals surface area contributed by atoms with Crippen LogP contribution < -0.4 is 11.5 Å². The number of aromatic hydroxyl groups is 1. The topological polar surface area (TPSA) is 96.1 Å². The number of phenols is 1. The van der Waals surface area contributed by atoms with Crippen LogP contribution in [0.2, 0.25) is 0 Å². The summed E-state index contributed by atoms with van der Waals surface area (Å²) in [6.07, 6.45) is 0. The molecular formula is C8H9N3O. The van der Waals surface area contributed by atoms with Crippen molar-refractivity contribution in [3.63, 3.8) is 0 Å². The second-order valence-electron chi connectivity index (χ2n) is 2.53. The van der Waals surface area contributed by atoms with Crippen LogP contribution in [0.4, 0.5) is 0 Å². The lowest BCUT2D eigenvalue weighted by Crippen LogP contribution is -2.44. The predicted octanol–water partition coefficient (Wildman–Crippen LogP) is -0.0140. The van der Waals surface area contributed by atoms with Crippen molar-refractivity contribution in [1.82, 2.24) is 0 Å². The average molecular weight is 163 g/mol. The van der Waals surface area contributed by atoms with Crippen molar-refractivity contribution in [1.29, 1.82) is 5.26 Å². The molecule has 1 aromatic rings. The average Bonchev–Trinajstić information content (AvgIpc) is 2.05. The van der Waals surface area contributed by atoms with Gasteiger partial charge in [0.25, 0.3) is 0 Å². The molecule has 0 unspecified atom stereocenters. The third-order valence-corrected chi connectivity index (χ3v) is 1.53. The largest absolute Gasteiger partial charge is 0.508 e.